The van der Waals surface area contributed by atoms with Gasteiger partial charge in [0, 0.05) is 47.4 Å². The van der Waals surface area contributed by atoms with E-state index in [1.54, 1.807) is 30.8 Å². The number of rotatable bonds is 8. The number of aliphatic imine (C=N–C) groups is 1. The van der Waals surface area contributed by atoms with Crippen LogP contribution in [0.15, 0.2) is 53.4 Å². The van der Waals surface area contributed by atoms with Gasteiger partial charge in [-0.1, -0.05) is 30.7 Å². The largest absolute Gasteiger partial charge is 0.495 e. The first-order chi connectivity index (χ1) is 18.0. The van der Waals surface area contributed by atoms with Crippen molar-refractivity contribution >= 4 is 18.3 Å². The summed E-state index contributed by atoms with van der Waals surface area (Å²) < 4.78 is 11.3. The molecule has 1 heterocycles. The van der Waals surface area contributed by atoms with Gasteiger partial charge in [0.15, 0.2) is 0 Å². The van der Waals surface area contributed by atoms with Crippen molar-refractivity contribution in [2.75, 3.05) is 18.6 Å². The molecule has 1 amide bonds. The molecule has 1 fully saturated rings. The maximum atomic E-state index is 13.5. The lowest BCUT2D eigenvalue weighted by molar-refractivity contribution is 0.0545. The van der Waals surface area contributed by atoms with E-state index in [1.165, 1.54) is 12.0 Å². The first-order valence-electron chi connectivity index (χ1n) is 12.7. The van der Waals surface area contributed by atoms with Gasteiger partial charge in [0.2, 0.25) is 5.95 Å². The summed E-state index contributed by atoms with van der Waals surface area (Å²) in [5, 5.41) is 9.52. The molecule has 1 aliphatic rings. The lowest BCUT2D eigenvalue weighted by Crippen LogP contribution is -2.48. The third kappa shape index (κ3) is 6.10. The van der Waals surface area contributed by atoms with E-state index in [9.17, 15) is 10.1 Å². The number of hydrogen-bond donors (Lipinski definition) is 0. The number of carbonyl (C=O) groups excluding carboxylic acids is 1. The Morgan fingerprint density at radius 2 is 1.92 bits per heavy atom. The van der Waals surface area contributed by atoms with Crippen molar-refractivity contribution in [3.8, 4) is 22.9 Å². The molecule has 2 aromatic rings. The van der Waals surface area contributed by atoms with E-state index in [-0.39, 0.29) is 11.4 Å². The number of benzene rings is 1. The average Bonchev–Trinajstić information content (AvgIpc) is 2.83. The number of hydrogen-bond acceptors (Lipinski definition) is 7. The van der Waals surface area contributed by atoms with Crippen LogP contribution < -0.4 is 9.64 Å². The molecule has 0 bridgehead atoms. The molecule has 0 unspecified atom stereocenters. The topological polar surface area (TPSA) is 101 Å². The highest BCUT2D eigenvalue weighted by Crippen LogP contribution is 2.49. The van der Waals surface area contributed by atoms with Crippen molar-refractivity contribution < 1.29 is 14.3 Å². The summed E-state index contributed by atoms with van der Waals surface area (Å²) in [5.74, 6) is 0.706. The third-order valence-electron chi connectivity index (χ3n) is 6.53. The van der Waals surface area contributed by atoms with Crippen molar-refractivity contribution in [3.63, 3.8) is 0 Å². The van der Waals surface area contributed by atoms with Crippen LogP contribution >= 0.6 is 0 Å². The maximum absolute atomic E-state index is 13.5. The minimum absolute atomic E-state index is 0.239. The zero-order valence-electron chi connectivity index (χ0n) is 23.5. The fourth-order valence-corrected chi connectivity index (χ4v) is 4.76. The summed E-state index contributed by atoms with van der Waals surface area (Å²) in [5.41, 5.74) is 3.77. The Hall–Kier alpha value is -3.99. The second kappa shape index (κ2) is 11.6. The number of aryl methyl sites for hydroxylation is 1. The van der Waals surface area contributed by atoms with Crippen LogP contribution in [0.3, 0.4) is 0 Å². The van der Waals surface area contributed by atoms with Gasteiger partial charge in [0.05, 0.1) is 12.7 Å². The van der Waals surface area contributed by atoms with Crippen LogP contribution in [0.5, 0.6) is 5.75 Å². The third-order valence-corrected chi connectivity index (χ3v) is 6.53. The zero-order valence-corrected chi connectivity index (χ0v) is 23.5. The fourth-order valence-electron chi connectivity index (χ4n) is 4.76. The summed E-state index contributed by atoms with van der Waals surface area (Å²) >= 11 is 0. The highest BCUT2D eigenvalue weighted by atomic mass is 16.6. The number of nitrogens with zero attached hydrogens (tertiary/aromatic N) is 5. The van der Waals surface area contributed by atoms with E-state index in [1.807, 2.05) is 47.6 Å². The molecule has 200 valence electrons. The van der Waals surface area contributed by atoms with Crippen molar-refractivity contribution in [2.45, 2.75) is 66.4 Å². The summed E-state index contributed by atoms with van der Waals surface area (Å²) in [4.78, 5) is 28.9. The molecular weight excluding hydrogens is 478 g/mol. The van der Waals surface area contributed by atoms with Crippen molar-refractivity contribution in [1.29, 1.82) is 5.26 Å². The molecule has 1 aliphatic carbocycles. The Morgan fingerprint density at radius 3 is 2.39 bits per heavy atom. The van der Waals surface area contributed by atoms with Gasteiger partial charge in [-0.05, 0) is 66.0 Å². The molecular formula is C30H37N5O3. The molecule has 0 N–H and O–H groups in total. The predicted molar refractivity (Wildman–Crippen MR) is 150 cm³/mol. The summed E-state index contributed by atoms with van der Waals surface area (Å²) in [6, 6.07) is 5.76. The van der Waals surface area contributed by atoms with Gasteiger partial charge in [0.25, 0.3) is 0 Å². The quantitative estimate of drug-likeness (QED) is 0.359. The van der Waals surface area contributed by atoms with E-state index >= 15 is 0 Å². The van der Waals surface area contributed by atoms with Gasteiger partial charge < -0.3 is 9.47 Å². The molecule has 38 heavy (non-hydrogen) atoms. The number of aromatic nitrogens is 2. The monoisotopic (exact) mass is 515 g/mol. The molecule has 0 aliphatic heterocycles. The van der Waals surface area contributed by atoms with Gasteiger partial charge in [-0.25, -0.2) is 19.7 Å². The first-order valence-corrected chi connectivity index (χ1v) is 12.7. The van der Waals surface area contributed by atoms with Crippen molar-refractivity contribution in [2.24, 2.45) is 10.4 Å². The molecule has 8 nitrogen and oxygen atoms in total. The molecule has 0 atom stereocenters. The van der Waals surface area contributed by atoms with Crippen LogP contribution in [0.1, 0.15) is 65.0 Å². The number of nitriles is 1. The zero-order chi connectivity index (χ0) is 28.1. The minimum Gasteiger partial charge on any atom is -0.495 e. The molecule has 1 saturated carbocycles. The average molecular weight is 516 g/mol. The summed E-state index contributed by atoms with van der Waals surface area (Å²) in [6.45, 7) is 15.6. The van der Waals surface area contributed by atoms with E-state index in [4.69, 9.17) is 14.5 Å². The highest BCUT2D eigenvalue weighted by molar-refractivity contribution is 5.86. The van der Waals surface area contributed by atoms with Crippen LogP contribution in [0.2, 0.25) is 0 Å². The molecule has 0 radical (unpaired) electrons. The number of amides is 1. The van der Waals surface area contributed by atoms with Crippen LogP contribution in [0.4, 0.5) is 10.7 Å². The molecule has 8 heteroatoms. The molecule has 3 rings (SSSR count). The Labute approximate surface area is 225 Å². The summed E-state index contributed by atoms with van der Waals surface area (Å²) in [6.07, 6.45) is 8.94. The minimum atomic E-state index is -0.690. The maximum Gasteiger partial charge on any atom is 0.417 e. The Balaban J connectivity index is 2.07. The SMILES string of the molecule is C=CC=NC(=C(C)C)C1(CN(C(=O)OC(C)(C)C)c2ncc(-c3c(C)ccc(C#N)c3OC)cn2)CCC1. The lowest BCUT2D eigenvalue weighted by atomic mass is 9.65. The van der Waals surface area contributed by atoms with Crippen LogP contribution in [0, 0.1) is 23.7 Å². The number of ether oxygens (including phenoxy) is 2. The number of methoxy groups -OCH3 is 1. The van der Waals surface area contributed by atoms with E-state index < -0.39 is 11.7 Å². The Morgan fingerprint density at radius 1 is 1.26 bits per heavy atom. The fraction of sp³-hybridized carbons (Fsp3) is 0.433. The van der Waals surface area contributed by atoms with Crippen LogP contribution in [-0.2, 0) is 4.74 Å². The highest BCUT2D eigenvalue weighted by Gasteiger charge is 2.45. The van der Waals surface area contributed by atoms with E-state index in [2.05, 4.69) is 22.6 Å². The van der Waals surface area contributed by atoms with Crippen molar-refractivity contribution in [3.05, 3.63) is 59.6 Å². The van der Waals surface area contributed by atoms with E-state index in [0.29, 0.717) is 23.4 Å². The van der Waals surface area contributed by atoms with Crippen molar-refractivity contribution in [1.82, 2.24) is 9.97 Å². The summed E-state index contributed by atoms with van der Waals surface area (Å²) in [7, 11) is 1.53. The molecule has 1 aromatic carbocycles. The molecule has 0 saturated heterocycles. The smallest absolute Gasteiger partial charge is 0.417 e. The lowest BCUT2D eigenvalue weighted by Gasteiger charge is -2.45. The Bertz CT molecular complexity index is 1290. The number of carbonyl (C=O) groups is 1. The van der Waals surface area contributed by atoms with Crippen LogP contribution in [0.25, 0.3) is 11.1 Å². The van der Waals surface area contributed by atoms with Gasteiger partial charge in [-0.15, -0.1) is 0 Å². The van der Waals surface area contributed by atoms with Gasteiger partial charge in [0.1, 0.15) is 17.4 Å². The first kappa shape index (κ1) is 28.6. The van der Waals surface area contributed by atoms with Crippen LogP contribution in [-0.4, -0.2) is 41.5 Å². The number of anilines is 1. The van der Waals surface area contributed by atoms with E-state index in [0.717, 1.165) is 41.7 Å². The Kier molecular flexibility index (Phi) is 8.72. The number of allylic oxidation sites excluding steroid dienone is 2. The second-order valence-corrected chi connectivity index (χ2v) is 10.8. The van der Waals surface area contributed by atoms with Gasteiger partial charge >= 0.3 is 6.09 Å². The normalized spacial score (nSPS) is 14.3. The van der Waals surface area contributed by atoms with Gasteiger partial charge in [-0.3, -0.25) is 4.99 Å². The van der Waals surface area contributed by atoms with Gasteiger partial charge in [-0.2, -0.15) is 5.26 Å². The predicted octanol–water partition coefficient (Wildman–Crippen LogP) is 6.79. The molecule has 0 spiro atoms. The second-order valence-electron chi connectivity index (χ2n) is 10.8. The standard InChI is InChI=1S/C30H37N5O3/c1-9-15-32-26(20(2)3)30(13-10-14-30)19-35(28(36)38-29(5,6)7)27-33-17-23(18-34-27)24-21(4)11-12-22(16-31)25(24)37-8/h9,11-12,15,17-18H,1,10,13-14,19H2,2-8H3. The molecule has 1 aromatic heterocycles.